The van der Waals surface area contributed by atoms with Crippen LogP contribution in [0.1, 0.15) is 35.4 Å². The molecular formula is C19H20N2O. The number of benzene rings is 2. The molecule has 0 saturated carbocycles. The van der Waals surface area contributed by atoms with Crippen molar-refractivity contribution in [1.29, 1.82) is 0 Å². The minimum Gasteiger partial charge on any atom is -0.398 e. The van der Waals surface area contributed by atoms with Gasteiger partial charge < -0.3 is 10.6 Å². The maximum Gasteiger partial charge on any atom is 0.234 e. The van der Waals surface area contributed by atoms with Gasteiger partial charge in [0.1, 0.15) is 0 Å². The van der Waals surface area contributed by atoms with Crippen molar-refractivity contribution in [1.82, 2.24) is 0 Å². The molecule has 2 aromatic rings. The van der Waals surface area contributed by atoms with E-state index in [9.17, 15) is 4.79 Å². The van der Waals surface area contributed by atoms with Gasteiger partial charge in [0.25, 0.3) is 0 Å². The van der Waals surface area contributed by atoms with Gasteiger partial charge in [0.05, 0.1) is 5.92 Å². The predicted molar refractivity (Wildman–Crippen MR) is 89.0 cm³/mol. The summed E-state index contributed by atoms with van der Waals surface area (Å²) >= 11 is 0. The van der Waals surface area contributed by atoms with Crippen molar-refractivity contribution in [3.05, 3.63) is 59.2 Å². The molecule has 0 bridgehead atoms. The second kappa shape index (κ2) is 5.16. The Kier molecular flexibility index (Phi) is 3.14. The van der Waals surface area contributed by atoms with Gasteiger partial charge in [-0.15, -0.1) is 0 Å². The van der Waals surface area contributed by atoms with E-state index in [0.29, 0.717) is 0 Å². The number of rotatable bonds is 1. The molecule has 2 aliphatic rings. The molecule has 0 aromatic heterocycles. The Balaban J connectivity index is 1.70. The zero-order chi connectivity index (χ0) is 15.1. The number of hydrogen-bond donors (Lipinski definition) is 1. The average molecular weight is 292 g/mol. The molecular weight excluding hydrogens is 272 g/mol. The summed E-state index contributed by atoms with van der Waals surface area (Å²) in [6, 6.07) is 14.2. The molecule has 1 aliphatic carbocycles. The largest absolute Gasteiger partial charge is 0.398 e. The third-order valence-corrected chi connectivity index (χ3v) is 4.98. The Labute approximate surface area is 130 Å². The van der Waals surface area contributed by atoms with Crippen molar-refractivity contribution in [2.24, 2.45) is 0 Å². The van der Waals surface area contributed by atoms with E-state index >= 15 is 0 Å². The number of nitrogens with zero attached hydrogens (tertiary/aromatic N) is 1. The van der Waals surface area contributed by atoms with Crippen LogP contribution in [0.25, 0.3) is 0 Å². The average Bonchev–Trinajstić information content (AvgIpc) is 2.98. The Morgan fingerprint density at radius 3 is 2.86 bits per heavy atom. The van der Waals surface area contributed by atoms with Crippen LogP contribution in [-0.4, -0.2) is 12.5 Å². The highest BCUT2D eigenvalue weighted by molar-refractivity contribution is 6.00. The zero-order valence-corrected chi connectivity index (χ0v) is 12.6. The van der Waals surface area contributed by atoms with E-state index in [2.05, 4.69) is 18.2 Å². The monoisotopic (exact) mass is 292 g/mol. The highest BCUT2D eigenvalue weighted by Gasteiger charge is 2.34. The van der Waals surface area contributed by atoms with Crippen molar-refractivity contribution in [2.45, 2.75) is 31.6 Å². The van der Waals surface area contributed by atoms with E-state index in [4.69, 9.17) is 5.73 Å². The summed E-state index contributed by atoms with van der Waals surface area (Å²) in [5.41, 5.74) is 11.6. The number of nitrogens with two attached hydrogens (primary N) is 1. The van der Waals surface area contributed by atoms with Crippen molar-refractivity contribution in [2.75, 3.05) is 17.2 Å². The number of anilines is 2. The van der Waals surface area contributed by atoms with E-state index in [0.717, 1.165) is 49.2 Å². The van der Waals surface area contributed by atoms with Gasteiger partial charge in [0, 0.05) is 17.9 Å². The summed E-state index contributed by atoms with van der Waals surface area (Å²) in [4.78, 5) is 15.1. The number of fused-ring (bicyclic) bond motifs is 2. The summed E-state index contributed by atoms with van der Waals surface area (Å²) in [7, 11) is 0. The first-order valence-corrected chi connectivity index (χ1v) is 8.02. The van der Waals surface area contributed by atoms with Crippen LogP contribution in [0.5, 0.6) is 0 Å². The van der Waals surface area contributed by atoms with Crippen LogP contribution >= 0.6 is 0 Å². The predicted octanol–water partition coefficient (Wildman–Crippen LogP) is 3.28. The van der Waals surface area contributed by atoms with Crippen LogP contribution in [0.4, 0.5) is 11.4 Å². The number of hydrogen-bond acceptors (Lipinski definition) is 2. The summed E-state index contributed by atoms with van der Waals surface area (Å²) in [5.74, 6) is 0.236. The quantitative estimate of drug-likeness (QED) is 0.820. The molecule has 0 radical (unpaired) electrons. The van der Waals surface area contributed by atoms with Gasteiger partial charge in [-0.05, 0) is 54.5 Å². The molecule has 112 valence electrons. The van der Waals surface area contributed by atoms with E-state index in [1.165, 1.54) is 11.1 Å². The summed E-state index contributed by atoms with van der Waals surface area (Å²) in [5, 5.41) is 0. The van der Waals surface area contributed by atoms with Crippen molar-refractivity contribution >= 4 is 17.3 Å². The third kappa shape index (κ3) is 2.00. The molecule has 1 amide bonds. The number of amides is 1. The Hall–Kier alpha value is -2.29. The van der Waals surface area contributed by atoms with Gasteiger partial charge in [-0.3, -0.25) is 4.79 Å². The normalized spacial score (nSPS) is 19.6. The molecule has 2 aromatic carbocycles. The van der Waals surface area contributed by atoms with Gasteiger partial charge in [-0.25, -0.2) is 0 Å². The maximum absolute atomic E-state index is 13.1. The second-order valence-electron chi connectivity index (χ2n) is 6.23. The third-order valence-electron chi connectivity index (χ3n) is 4.98. The van der Waals surface area contributed by atoms with Crippen LogP contribution in [0.15, 0.2) is 42.5 Å². The topological polar surface area (TPSA) is 46.3 Å². The number of nitrogen functional groups attached to an aromatic ring is 1. The van der Waals surface area contributed by atoms with E-state index < -0.39 is 0 Å². The maximum atomic E-state index is 13.1. The van der Waals surface area contributed by atoms with Gasteiger partial charge in [-0.1, -0.05) is 30.3 Å². The van der Waals surface area contributed by atoms with Gasteiger partial charge in [0.15, 0.2) is 0 Å². The molecule has 1 aliphatic heterocycles. The minimum absolute atomic E-state index is 0.00332. The smallest absolute Gasteiger partial charge is 0.234 e. The standard InChI is InChI=1S/C19H20N2O/c20-17-8-3-9-18-16(17)7-4-12-21(18)19(22)15-11-10-13-5-1-2-6-14(13)15/h1-3,5-6,8-9,15H,4,7,10-12,20H2. The molecule has 0 fully saturated rings. The summed E-state index contributed by atoms with van der Waals surface area (Å²) < 4.78 is 0. The van der Waals surface area contributed by atoms with Gasteiger partial charge in [0.2, 0.25) is 5.91 Å². The molecule has 2 N–H and O–H groups in total. The molecule has 1 atom stereocenters. The van der Waals surface area contributed by atoms with Crippen molar-refractivity contribution in [3.63, 3.8) is 0 Å². The zero-order valence-electron chi connectivity index (χ0n) is 12.6. The first-order chi connectivity index (χ1) is 10.8. The Bertz CT molecular complexity index is 738. The van der Waals surface area contributed by atoms with E-state index in [1.54, 1.807) is 0 Å². The van der Waals surface area contributed by atoms with Gasteiger partial charge >= 0.3 is 0 Å². The molecule has 4 rings (SSSR count). The number of aryl methyl sites for hydroxylation is 1. The van der Waals surface area contributed by atoms with Gasteiger partial charge in [-0.2, -0.15) is 0 Å². The highest BCUT2D eigenvalue weighted by atomic mass is 16.2. The Morgan fingerprint density at radius 1 is 1.09 bits per heavy atom. The first-order valence-electron chi connectivity index (χ1n) is 8.02. The molecule has 0 spiro atoms. The fourth-order valence-electron chi connectivity index (χ4n) is 3.88. The van der Waals surface area contributed by atoms with Crippen LogP contribution in [0.2, 0.25) is 0 Å². The van der Waals surface area contributed by atoms with E-state index in [-0.39, 0.29) is 11.8 Å². The molecule has 3 heteroatoms. The number of carbonyl (C=O) groups is 1. The van der Waals surface area contributed by atoms with Crippen LogP contribution in [0.3, 0.4) is 0 Å². The molecule has 0 saturated heterocycles. The minimum atomic E-state index is 0.00332. The summed E-state index contributed by atoms with van der Waals surface area (Å²) in [6.07, 6.45) is 3.88. The lowest BCUT2D eigenvalue weighted by Crippen LogP contribution is -2.38. The van der Waals surface area contributed by atoms with Crippen LogP contribution < -0.4 is 10.6 Å². The van der Waals surface area contributed by atoms with E-state index in [1.807, 2.05) is 29.2 Å². The number of carbonyl (C=O) groups excluding carboxylic acids is 1. The molecule has 1 unspecified atom stereocenters. The molecule has 22 heavy (non-hydrogen) atoms. The molecule has 3 nitrogen and oxygen atoms in total. The lowest BCUT2D eigenvalue weighted by atomic mass is 9.95. The van der Waals surface area contributed by atoms with Crippen LogP contribution in [-0.2, 0) is 17.6 Å². The SMILES string of the molecule is Nc1cccc2c1CCCN2C(=O)C1CCc2ccccc21. The lowest BCUT2D eigenvalue weighted by molar-refractivity contribution is -0.120. The fraction of sp³-hybridized carbons (Fsp3) is 0.316. The second-order valence-corrected chi connectivity index (χ2v) is 6.23. The van der Waals surface area contributed by atoms with Crippen molar-refractivity contribution < 1.29 is 4.79 Å². The highest BCUT2D eigenvalue weighted by Crippen LogP contribution is 2.38. The first kappa shape index (κ1) is 13.4. The fourth-order valence-corrected chi connectivity index (χ4v) is 3.88. The van der Waals surface area contributed by atoms with Crippen LogP contribution in [0, 0.1) is 0 Å². The van der Waals surface area contributed by atoms with Crippen molar-refractivity contribution in [3.8, 4) is 0 Å². The summed E-state index contributed by atoms with van der Waals surface area (Å²) in [6.45, 7) is 0.800. The molecule has 1 heterocycles. The lowest BCUT2D eigenvalue weighted by Gasteiger charge is -2.32. The Morgan fingerprint density at radius 2 is 1.95 bits per heavy atom.